The van der Waals surface area contributed by atoms with Crippen molar-refractivity contribution < 1.29 is 143 Å². The fourth-order valence-corrected chi connectivity index (χ4v) is 17.5. The van der Waals surface area contributed by atoms with E-state index in [1.807, 2.05) is 72.8 Å². The first-order valence-electron chi connectivity index (χ1n) is 31.9. The number of nitrogens with one attached hydrogen (secondary N) is 2. The summed E-state index contributed by atoms with van der Waals surface area (Å²) in [6.07, 6.45) is 2.26. The molecule has 0 amide bonds. The van der Waals surface area contributed by atoms with Gasteiger partial charge in [-0.2, -0.15) is 73.4 Å². The normalized spacial score (nSPS) is 12.7. The Bertz CT molecular complexity index is 7490. The van der Waals surface area contributed by atoms with Gasteiger partial charge in [-0.3, -0.25) is 41.4 Å². The zero-order chi connectivity index (χ0) is 82.6. The van der Waals surface area contributed by atoms with E-state index < -0.39 is 132 Å². The number of aromatic nitrogens is 8. The molecule has 8 bridgehead atoms. The van der Waals surface area contributed by atoms with Crippen LogP contribution in [-0.4, -0.2) is 149 Å². The molecule has 11 N–H and O–H groups in total. The van der Waals surface area contributed by atoms with Gasteiger partial charge in [-0.1, -0.05) is 109 Å². The molecule has 0 fully saturated rings. The van der Waals surface area contributed by atoms with Gasteiger partial charge in [0.25, 0.3) is 80.9 Å². The molecule has 45 heteroatoms. The summed E-state index contributed by atoms with van der Waals surface area (Å²) in [7, 11) is -38.9. The molecule has 0 saturated heterocycles. The Morgan fingerprint density at radius 2 is 0.672 bits per heavy atom. The number of ether oxygens (including phenoxy) is 2. The van der Waals surface area contributed by atoms with E-state index in [-0.39, 0.29) is 108 Å². The number of fused-ring (bicyclic) bond motifs is 21. The van der Waals surface area contributed by atoms with Gasteiger partial charge in [0.15, 0.2) is 23.3 Å². The maximum absolute atomic E-state index is 12.6. The Morgan fingerprint density at radius 3 is 1.04 bits per heavy atom. The molecule has 36 nitrogen and oxygen atoms in total. The predicted octanol–water partition coefficient (Wildman–Crippen LogP) is 9.91. The molecule has 0 radical (unpaired) electrons. The number of phenolic OH excluding ortho intramolecular Hbond substituents is 1. The van der Waals surface area contributed by atoms with E-state index >= 15 is 0 Å². The summed E-state index contributed by atoms with van der Waals surface area (Å²) in [6.45, 7) is 0. The van der Waals surface area contributed by atoms with Crippen molar-refractivity contribution in [3.8, 4) is 68.5 Å². The molecule has 16 rings (SSSR count). The molecule has 0 atom stereocenters. The third-order valence-electron chi connectivity index (χ3n) is 17.1. The van der Waals surface area contributed by atoms with Crippen LogP contribution in [0.2, 0.25) is 0 Å². The van der Waals surface area contributed by atoms with Crippen molar-refractivity contribution in [2.24, 2.45) is 0 Å². The van der Waals surface area contributed by atoms with Crippen LogP contribution in [0, 0.1) is 12.4 Å². The van der Waals surface area contributed by atoms with Crippen LogP contribution in [0.3, 0.4) is 0 Å². The van der Waals surface area contributed by atoms with Crippen LogP contribution >= 0.6 is 0 Å². The number of aromatic amines is 2. The molecule has 2 aliphatic heterocycles. The van der Waals surface area contributed by atoms with E-state index in [9.17, 15) is 95.8 Å². The number of phenols is 1. The first kappa shape index (κ1) is 82.3. The fraction of sp³-hybridized carbons (Fsp3) is 0. The average Bonchev–Trinajstić information content (AvgIpc) is 1.33. The van der Waals surface area contributed by atoms with Gasteiger partial charge in [0, 0.05) is 79.7 Å². The molecule has 0 aliphatic carbocycles. The maximum Gasteiger partial charge on any atom is 0.295 e. The van der Waals surface area contributed by atoms with Crippen molar-refractivity contribution in [2.75, 3.05) is 0 Å². The molecule has 590 valence electrons. The molecule has 5 heterocycles. The SMILES string of the molecule is O=S(=O)(O)c1cc(S(=O)(=O)O)c2cc(O)ccc2c1.O=S(=O)(O)c1cc(S(=O)(=O)O)c2cc(O[C-](/C=C\c3[c-]c4nc5nc(nc6[nH]c(nc7nc(nc3[nH]4)-c3ccccc3-7)c3ccccc63)-c3ccccc3-5)Oc3ccc4cc(S(=O)(=O)O)cc(S(=O)(=O)O)c4c3)ccc2c1.O=S(=O)(O)c1cc(S(=O)(=O)O)c2cc([O-])ccc2c1.[Zn]. The number of rotatable bonds is 14. The Hall–Kier alpha value is -11.7. The molecule has 0 spiro atoms. The van der Waals surface area contributed by atoms with Crippen LogP contribution in [0.4, 0.5) is 0 Å². The van der Waals surface area contributed by atoms with Crippen molar-refractivity contribution in [3.05, 3.63) is 218 Å². The minimum atomic E-state index is -5.15. The van der Waals surface area contributed by atoms with Crippen molar-refractivity contribution >= 4 is 163 Å². The van der Waals surface area contributed by atoms with Gasteiger partial charge >= 0.3 is 0 Å². The maximum atomic E-state index is 12.6. The smallest absolute Gasteiger partial charge is 0.295 e. The molecule has 11 aromatic carbocycles. The summed E-state index contributed by atoms with van der Waals surface area (Å²) in [4.78, 5) is 29.8. The van der Waals surface area contributed by atoms with Crippen LogP contribution in [0.5, 0.6) is 23.0 Å². The Kier molecular flexibility index (Phi) is 21.4. The van der Waals surface area contributed by atoms with E-state index in [4.69, 9.17) is 57.6 Å². The van der Waals surface area contributed by atoms with E-state index in [0.717, 1.165) is 65.4 Å². The largest absolute Gasteiger partial charge is 0.872 e. The monoisotopic (exact) mass is 1780 g/mol. The fourth-order valence-electron chi connectivity index (χ4n) is 12.1. The first-order chi connectivity index (χ1) is 53.8. The van der Waals surface area contributed by atoms with Crippen molar-refractivity contribution in [1.29, 1.82) is 0 Å². The van der Waals surface area contributed by atoms with Crippen molar-refractivity contribution in [3.63, 3.8) is 0 Å². The second-order valence-electron chi connectivity index (χ2n) is 24.7. The molecular weight excluding hydrogens is 1730 g/mol. The molecule has 2 aliphatic rings. The van der Waals surface area contributed by atoms with Gasteiger partial charge in [0.1, 0.15) is 54.4 Å². The number of hydrogen-bond acceptors (Lipinski definition) is 26. The zero-order valence-corrected chi connectivity index (χ0v) is 67.1. The van der Waals surface area contributed by atoms with Crippen LogP contribution in [0.1, 0.15) is 5.56 Å². The number of aromatic hydroxyl groups is 1. The van der Waals surface area contributed by atoms with Gasteiger partial charge in [0.05, 0.1) is 25.2 Å². The summed E-state index contributed by atoms with van der Waals surface area (Å²) in [5.41, 5.74) is 4.11. The summed E-state index contributed by atoms with van der Waals surface area (Å²) in [5, 5.41) is 21.5. The second-order valence-corrected chi connectivity index (χ2v) is 35.9. The van der Waals surface area contributed by atoms with Gasteiger partial charge in [-0.05, 0) is 106 Å². The van der Waals surface area contributed by atoms with Crippen LogP contribution < -0.4 is 14.6 Å². The Labute approximate surface area is 666 Å². The number of nitrogens with zero attached hydrogens (tertiary/aromatic N) is 6. The predicted molar refractivity (Wildman–Crippen MR) is 406 cm³/mol. The topological polar surface area (TPSA) is 606 Å². The average molecular weight is 1780 g/mol. The van der Waals surface area contributed by atoms with Gasteiger partial charge in [-0.25, -0.2) is 24.9 Å². The van der Waals surface area contributed by atoms with Crippen LogP contribution in [0.15, 0.2) is 239 Å². The van der Waals surface area contributed by atoms with E-state index in [1.165, 1.54) is 54.6 Å². The van der Waals surface area contributed by atoms with Gasteiger partial charge in [0.2, 0.25) is 0 Å². The van der Waals surface area contributed by atoms with Crippen molar-refractivity contribution in [1.82, 2.24) is 39.9 Å². The molecule has 3 aromatic heterocycles. The Morgan fingerprint density at radius 1 is 0.345 bits per heavy atom. The number of H-pyrrole nitrogens is 2. The second kappa shape index (κ2) is 30.2. The standard InChI is InChI=1S/C51H30N8O14S4.2C10H8O7S2.Zn/c60-74(61,62)31-19-26-13-16-29(22-39(26)41(24-31)76(66,67)68)72-44(73-30-17-14-27-20-32(75(63,64)65)25-42(40(27)23-30)77(69,70)71)18-15-28-21-43-52-45(28)54-47-35-9-3-4-10-36(35)49(56-47)58-51-38-12-6-5-11-37(38)50(59-51)57-48-34-8-2-1-7-33(34)46(53-43)55-48;2*11-7-2-1-6-3-8(18(12,13)14)5-10(9(6)4-7)19(15,16)17;/h1-20,22-25H,(H,60,61,62)(H,63,64,65)(H,66,67,68)(H,69,70,71)(H2,52,53,54,55,56,57,58,59);2*1-5,11H,(H,12,13,14)(H,15,16,17);/q-2;;;/p-1/b18-15-;;;. The number of benzene rings is 11. The molecular formula is C71H45N8O28S8Zn-3. The van der Waals surface area contributed by atoms with E-state index in [0.29, 0.717) is 69.5 Å². The Balaban J connectivity index is 0.000000244. The third-order valence-corrected chi connectivity index (χ3v) is 24.0. The quantitative estimate of drug-likeness (QED) is 0.0274. The summed E-state index contributed by atoms with van der Waals surface area (Å²) in [5.74, 6) is 0.0917. The molecule has 14 aromatic rings. The third kappa shape index (κ3) is 17.3. The molecule has 0 saturated carbocycles. The molecule has 0 unspecified atom stereocenters. The van der Waals surface area contributed by atoms with Crippen LogP contribution in [0.25, 0.3) is 128 Å². The van der Waals surface area contributed by atoms with Crippen molar-refractivity contribution in [2.45, 2.75) is 39.2 Å². The summed E-state index contributed by atoms with van der Waals surface area (Å²) in [6, 6.07) is 45.8. The van der Waals surface area contributed by atoms with Crippen LogP contribution in [-0.2, 0) is 100 Å². The molecule has 116 heavy (non-hydrogen) atoms. The first-order valence-corrected chi connectivity index (χ1v) is 43.4. The number of hydrogen-bond donors (Lipinski definition) is 11. The van der Waals surface area contributed by atoms with E-state index in [1.54, 1.807) is 0 Å². The van der Waals surface area contributed by atoms with E-state index in [2.05, 4.69) is 16.0 Å². The zero-order valence-electron chi connectivity index (χ0n) is 57.6. The minimum Gasteiger partial charge on any atom is -0.872 e. The summed E-state index contributed by atoms with van der Waals surface area (Å²) >= 11 is 0. The summed E-state index contributed by atoms with van der Waals surface area (Å²) < 4.78 is 276. The minimum absolute atomic E-state index is 0. The van der Waals surface area contributed by atoms with Gasteiger partial charge < -0.3 is 29.7 Å². The van der Waals surface area contributed by atoms with Gasteiger partial charge in [-0.15, -0.1) is 23.5 Å².